The molecule has 0 aliphatic heterocycles. The zero-order valence-electron chi connectivity index (χ0n) is 9.62. The second-order valence-corrected chi connectivity index (χ2v) is 3.89. The molecule has 1 amide bonds. The van der Waals surface area contributed by atoms with Crippen molar-refractivity contribution in [3.05, 3.63) is 24.1 Å². The molecule has 1 heterocycles. The summed E-state index contributed by atoms with van der Waals surface area (Å²) < 4.78 is 12.6. The first-order chi connectivity index (χ1) is 7.49. The van der Waals surface area contributed by atoms with Crippen molar-refractivity contribution in [3.63, 3.8) is 0 Å². The molecular formula is C11H16FN3O. The summed E-state index contributed by atoms with van der Waals surface area (Å²) in [5.74, 6) is -0.0289. The van der Waals surface area contributed by atoms with Crippen LogP contribution >= 0.6 is 0 Å². The average Bonchev–Trinajstić information content (AvgIpc) is 2.20. The minimum absolute atomic E-state index is 0.0953. The van der Waals surface area contributed by atoms with E-state index in [9.17, 15) is 9.18 Å². The Balaban J connectivity index is 2.53. The lowest BCUT2D eigenvalue weighted by atomic mass is 10.3. The van der Waals surface area contributed by atoms with E-state index >= 15 is 0 Å². The van der Waals surface area contributed by atoms with Crippen molar-refractivity contribution in [1.29, 1.82) is 0 Å². The second kappa shape index (κ2) is 5.44. The molecule has 0 aliphatic carbocycles. The Bertz CT molecular complexity index is 351. The smallest absolute Gasteiger partial charge is 0.242 e. The number of amides is 1. The SMILES string of the molecule is CC(C)NC(=O)C(C)Nc1ccc(F)cn1. The number of hydrogen-bond donors (Lipinski definition) is 2. The van der Waals surface area contributed by atoms with Crippen LogP contribution in [0.4, 0.5) is 10.2 Å². The molecule has 0 spiro atoms. The van der Waals surface area contributed by atoms with Gasteiger partial charge in [-0.2, -0.15) is 0 Å². The molecule has 16 heavy (non-hydrogen) atoms. The van der Waals surface area contributed by atoms with Crippen LogP contribution in [0.15, 0.2) is 18.3 Å². The molecular weight excluding hydrogens is 209 g/mol. The van der Waals surface area contributed by atoms with E-state index in [2.05, 4.69) is 15.6 Å². The molecule has 2 N–H and O–H groups in total. The van der Waals surface area contributed by atoms with Gasteiger partial charge in [0, 0.05) is 6.04 Å². The second-order valence-electron chi connectivity index (χ2n) is 3.89. The molecule has 0 aliphatic rings. The van der Waals surface area contributed by atoms with Crippen LogP contribution in [-0.2, 0) is 4.79 Å². The van der Waals surface area contributed by atoms with Crippen molar-refractivity contribution in [3.8, 4) is 0 Å². The fourth-order valence-corrected chi connectivity index (χ4v) is 1.16. The summed E-state index contributed by atoms with van der Waals surface area (Å²) in [5, 5.41) is 5.66. The summed E-state index contributed by atoms with van der Waals surface area (Å²) in [6, 6.07) is 2.48. The quantitative estimate of drug-likeness (QED) is 0.817. The van der Waals surface area contributed by atoms with Gasteiger partial charge in [0.05, 0.1) is 6.20 Å². The van der Waals surface area contributed by atoms with Gasteiger partial charge in [-0.3, -0.25) is 4.79 Å². The van der Waals surface area contributed by atoms with E-state index in [4.69, 9.17) is 0 Å². The van der Waals surface area contributed by atoms with Gasteiger partial charge < -0.3 is 10.6 Å². The molecule has 1 aromatic heterocycles. The summed E-state index contributed by atoms with van der Waals surface area (Å²) in [7, 11) is 0. The molecule has 1 aromatic rings. The number of hydrogen-bond acceptors (Lipinski definition) is 3. The van der Waals surface area contributed by atoms with E-state index < -0.39 is 11.9 Å². The maximum absolute atomic E-state index is 12.6. The van der Waals surface area contributed by atoms with E-state index in [1.54, 1.807) is 6.92 Å². The number of anilines is 1. The lowest BCUT2D eigenvalue weighted by Gasteiger charge is -2.16. The largest absolute Gasteiger partial charge is 0.359 e. The fourth-order valence-electron chi connectivity index (χ4n) is 1.16. The minimum Gasteiger partial charge on any atom is -0.359 e. The number of nitrogens with zero attached hydrogens (tertiary/aromatic N) is 1. The summed E-state index contributed by atoms with van der Waals surface area (Å²) in [6.07, 6.45) is 1.11. The normalized spacial score (nSPS) is 12.3. The summed E-state index contributed by atoms with van der Waals surface area (Å²) in [4.78, 5) is 15.4. The molecule has 0 saturated carbocycles. The Morgan fingerprint density at radius 1 is 1.38 bits per heavy atom. The summed E-state index contributed by atoms with van der Waals surface area (Å²) in [5.41, 5.74) is 0. The van der Waals surface area contributed by atoms with Crippen molar-refractivity contribution >= 4 is 11.7 Å². The maximum atomic E-state index is 12.6. The number of halogens is 1. The van der Waals surface area contributed by atoms with Crippen molar-refractivity contribution in [2.24, 2.45) is 0 Å². The molecule has 0 radical (unpaired) electrons. The molecule has 1 atom stereocenters. The first-order valence-electron chi connectivity index (χ1n) is 5.17. The monoisotopic (exact) mass is 225 g/mol. The highest BCUT2D eigenvalue weighted by atomic mass is 19.1. The third-order valence-electron chi connectivity index (χ3n) is 1.92. The van der Waals surface area contributed by atoms with Gasteiger partial charge in [-0.15, -0.1) is 0 Å². The lowest BCUT2D eigenvalue weighted by Crippen LogP contribution is -2.41. The van der Waals surface area contributed by atoms with Gasteiger partial charge in [0.1, 0.15) is 17.7 Å². The maximum Gasteiger partial charge on any atom is 0.242 e. The Morgan fingerprint density at radius 3 is 2.56 bits per heavy atom. The van der Waals surface area contributed by atoms with Gasteiger partial charge >= 0.3 is 0 Å². The molecule has 4 nitrogen and oxygen atoms in total. The van der Waals surface area contributed by atoms with E-state index in [0.29, 0.717) is 5.82 Å². The van der Waals surface area contributed by atoms with Crippen LogP contribution in [0.5, 0.6) is 0 Å². The first-order valence-corrected chi connectivity index (χ1v) is 5.17. The van der Waals surface area contributed by atoms with Gasteiger partial charge in [0.15, 0.2) is 0 Å². The highest BCUT2D eigenvalue weighted by Crippen LogP contribution is 2.05. The van der Waals surface area contributed by atoms with Crippen molar-refractivity contribution in [1.82, 2.24) is 10.3 Å². The zero-order chi connectivity index (χ0) is 12.1. The van der Waals surface area contributed by atoms with Gasteiger partial charge in [-0.25, -0.2) is 9.37 Å². The molecule has 88 valence electrons. The Kier molecular flexibility index (Phi) is 4.22. The van der Waals surface area contributed by atoms with Crippen molar-refractivity contribution in [2.45, 2.75) is 32.9 Å². The molecule has 5 heteroatoms. The number of nitrogens with one attached hydrogen (secondary N) is 2. The van der Waals surface area contributed by atoms with E-state index in [-0.39, 0.29) is 11.9 Å². The Labute approximate surface area is 94.3 Å². The minimum atomic E-state index is -0.402. The number of aromatic nitrogens is 1. The number of pyridine rings is 1. The fraction of sp³-hybridized carbons (Fsp3) is 0.455. The Hall–Kier alpha value is -1.65. The third kappa shape index (κ3) is 3.84. The highest BCUT2D eigenvalue weighted by molar-refractivity contribution is 5.84. The average molecular weight is 225 g/mol. The predicted octanol–water partition coefficient (Wildman–Crippen LogP) is 1.55. The van der Waals surface area contributed by atoms with Crippen LogP contribution in [-0.4, -0.2) is 23.0 Å². The van der Waals surface area contributed by atoms with Crippen molar-refractivity contribution < 1.29 is 9.18 Å². The van der Waals surface area contributed by atoms with Crippen molar-refractivity contribution in [2.75, 3.05) is 5.32 Å². The highest BCUT2D eigenvalue weighted by Gasteiger charge is 2.13. The lowest BCUT2D eigenvalue weighted by molar-refractivity contribution is -0.122. The molecule has 0 aromatic carbocycles. The van der Waals surface area contributed by atoms with Crippen LogP contribution in [0.25, 0.3) is 0 Å². The van der Waals surface area contributed by atoms with Crippen LogP contribution in [0.1, 0.15) is 20.8 Å². The van der Waals surface area contributed by atoms with Gasteiger partial charge in [-0.1, -0.05) is 0 Å². The molecule has 1 unspecified atom stereocenters. The predicted molar refractivity (Wildman–Crippen MR) is 60.6 cm³/mol. The van der Waals surface area contributed by atoms with Crippen LogP contribution in [0.2, 0.25) is 0 Å². The summed E-state index contributed by atoms with van der Waals surface area (Å²) in [6.45, 7) is 5.50. The molecule has 0 fully saturated rings. The number of rotatable bonds is 4. The van der Waals surface area contributed by atoms with Crippen LogP contribution in [0, 0.1) is 5.82 Å². The van der Waals surface area contributed by atoms with Crippen LogP contribution in [0.3, 0.4) is 0 Å². The zero-order valence-corrected chi connectivity index (χ0v) is 9.62. The van der Waals surface area contributed by atoms with E-state index in [1.807, 2.05) is 13.8 Å². The third-order valence-corrected chi connectivity index (χ3v) is 1.92. The topological polar surface area (TPSA) is 54.0 Å². The number of carbonyl (C=O) groups is 1. The van der Waals surface area contributed by atoms with E-state index in [0.717, 1.165) is 6.20 Å². The Morgan fingerprint density at radius 2 is 2.06 bits per heavy atom. The number of carbonyl (C=O) groups excluding carboxylic acids is 1. The summed E-state index contributed by atoms with van der Waals surface area (Å²) >= 11 is 0. The molecule has 1 rings (SSSR count). The van der Waals surface area contributed by atoms with Gasteiger partial charge in [0.2, 0.25) is 5.91 Å². The van der Waals surface area contributed by atoms with Gasteiger partial charge in [-0.05, 0) is 32.9 Å². The molecule has 0 saturated heterocycles. The molecule has 0 bridgehead atoms. The van der Waals surface area contributed by atoms with E-state index in [1.165, 1.54) is 12.1 Å². The standard InChI is InChI=1S/C11H16FN3O/c1-7(2)14-11(16)8(3)15-10-5-4-9(12)6-13-10/h4-8H,1-3H3,(H,13,15)(H,14,16). The van der Waals surface area contributed by atoms with Crippen LogP contribution < -0.4 is 10.6 Å². The van der Waals surface area contributed by atoms with Gasteiger partial charge in [0.25, 0.3) is 0 Å². The first kappa shape index (κ1) is 12.4.